The van der Waals surface area contributed by atoms with E-state index in [4.69, 9.17) is 5.73 Å². The summed E-state index contributed by atoms with van der Waals surface area (Å²) in [6.45, 7) is 8.35. The van der Waals surface area contributed by atoms with E-state index in [0.29, 0.717) is 11.3 Å². The summed E-state index contributed by atoms with van der Waals surface area (Å²) in [6, 6.07) is 8.61. The van der Waals surface area contributed by atoms with E-state index >= 15 is 0 Å². The molecule has 3 nitrogen and oxygen atoms in total. The maximum absolute atomic E-state index is 10.7. The van der Waals surface area contributed by atoms with E-state index in [1.807, 2.05) is 6.07 Å². The Kier molecular flexibility index (Phi) is 4.81. The monoisotopic (exact) mass is 356 g/mol. The van der Waals surface area contributed by atoms with Crippen molar-refractivity contribution < 1.29 is 5.11 Å². The van der Waals surface area contributed by atoms with E-state index in [9.17, 15) is 5.11 Å². The molecule has 2 unspecified atom stereocenters. The molecule has 4 rings (SSSR count). The van der Waals surface area contributed by atoms with Gasteiger partial charge in [0, 0.05) is 24.2 Å². The number of benzene rings is 1. The minimum atomic E-state index is -0.357. The van der Waals surface area contributed by atoms with Crippen molar-refractivity contribution in [3.63, 3.8) is 0 Å². The third kappa shape index (κ3) is 3.07. The number of nitrogens with two attached hydrogens (primary N) is 1. The second-order valence-electron chi connectivity index (χ2n) is 9.57. The zero-order chi connectivity index (χ0) is 18.4. The molecule has 1 aromatic carbocycles. The average molecular weight is 357 g/mol. The number of fused-ring (bicyclic) bond motifs is 1. The van der Waals surface area contributed by atoms with Crippen LogP contribution in [0.4, 0.5) is 5.69 Å². The Morgan fingerprint density at radius 2 is 1.85 bits per heavy atom. The van der Waals surface area contributed by atoms with Gasteiger partial charge in [-0.25, -0.2) is 0 Å². The van der Waals surface area contributed by atoms with Crippen LogP contribution in [0.5, 0.6) is 0 Å². The molecule has 2 atom stereocenters. The molecule has 144 valence electrons. The van der Waals surface area contributed by atoms with Gasteiger partial charge in [-0.1, -0.05) is 45.2 Å². The molecule has 26 heavy (non-hydrogen) atoms. The minimum absolute atomic E-state index is 0.341. The van der Waals surface area contributed by atoms with Gasteiger partial charge in [0.1, 0.15) is 0 Å². The van der Waals surface area contributed by atoms with E-state index in [1.165, 1.54) is 37.9 Å². The molecule has 1 heterocycles. The minimum Gasteiger partial charge on any atom is -0.399 e. The Balaban J connectivity index is 1.33. The van der Waals surface area contributed by atoms with Gasteiger partial charge in [0.25, 0.3) is 0 Å². The predicted molar refractivity (Wildman–Crippen MR) is 108 cm³/mol. The molecule has 3 N–H and O–H groups in total. The molecule has 3 fully saturated rings. The Bertz CT molecular complexity index is 623. The Hall–Kier alpha value is -1.06. The van der Waals surface area contributed by atoms with Gasteiger partial charge in [-0.15, -0.1) is 0 Å². The highest BCUT2D eigenvalue weighted by molar-refractivity contribution is 5.48. The summed E-state index contributed by atoms with van der Waals surface area (Å²) >= 11 is 0. The van der Waals surface area contributed by atoms with Gasteiger partial charge >= 0.3 is 0 Å². The fourth-order valence-electron chi connectivity index (χ4n) is 6.45. The molecule has 3 heteroatoms. The molecule has 0 amide bonds. The third-order valence-electron chi connectivity index (χ3n) is 7.76. The van der Waals surface area contributed by atoms with Gasteiger partial charge in [0.05, 0.1) is 5.60 Å². The van der Waals surface area contributed by atoms with E-state index < -0.39 is 0 Å². The number of anilines is 1. The lowest BCUT2D eigenvalue weighted by Gasteiger charge is -2.33. The Morgan fingerprint density at radius 3 is 2.46 bits per heavy atom. The van der Waals surface area contributed by atoms with Crippen LogP contribution in [0, 0.1) is 17.8 Å². The zero-order valence-corrected chi connectivity index (χ0v) is 16.6. The number of hydrogen-bond acceptors (Lipinski definition) is 3. The summed E-state index contributed by atoms with van der Waals surface area (Å²) in [6.07, 6.45) is 7.89. The number of piperidine rings is 1. The number of likely N-dealkylation sites (tertiary alicyclic amines) is 1. The van der Waals surface area contributed by atoms with E-state index in [0.717, 1.165) is 49.8 Å². The van der Waals surface area contributed by atoms with Crippen molar-refractivity contribution >= 4 is 5.69 Å². The molecule has 3 aliphatic rings. The van der Waals surface area contributed by atoms with E-state index in [-0.39, 0.29) is 5.60 Å². The lowest BCUT2D eigenvalue weighted by molar-refractivity contribution is -0.00725. The van der Waals surface area contributed by atoms with Gasteiger partial charge in [-0.05, 0) is 67.7 Å². The van der Waals surface area contributed by atoms with Gasteiger partial charge < -0.3 is 15.7 Å². The van der Waals surface area contributed by atoms with Crippen LogP contribution in [0.2, 0.25) is 0 Å². The smallest absolute Gasteiger partial charge is 0.0648 e. The summed E-state index contributed by atoms with van der Waals surface area (Å²) in [4.78, 5) is 2.65. The summed E-state index contributed by atoms with van der Waals surface area (Å²) in [7, 11) is 0. The zero-order valence-electron chi connectivity index (χ0n) is 16.6. The van der Waals surface area contributed by atoms with Crippen LogP contribution >= 0.6 is 0 Å². The van der Waals surface area contributed by atoms with Crippen molar-refractivity contribution in [3.05, 3.63) is 29.8 Å². The van der Waals surface area contributed by atoms with Crippen LogP contribution in [0.15, 0.2) is 24.3 Å². The standard InChI is InChI=1S/C23H36N2O/c1-17(2)23(18-8-6-9-19(24)14-18)20-15-25(16-21(20)23)13-7-12-22(26)10-4-3-5-11-22/h6,8-9,14,17,20-21,26H,3-5,7,10-13,15-16,24H2,1-2H3. The Morgan fingerprint density at radius 1 is 1.15 bits per heavy atom. The van der Waals surface area contributed by atoms with Crippen molar-refractivity contribution in [2.45, 2.75) is 69.8 Å². The fraction of sp³-hybridized carbons (Fsp3) is 0.739. The van der Waals surface area contributed by atoms with E-state index in [1.54, 1.807) is 0 Å². The number of hydrogen-bond donors (Lipinski definition) is 2. The molecule has 0 aromatic heterocycles. The average Bonchev–Trinajstić information content (AvgIpc) is 3.02. The summed E-state index contributed by atoms with van der Waals surface area (Å²) in [5, 5.41) is 10.7. The molecule has 0 bridgehead atoms. The van der Waals surface area contributed by atoms with Crippen LogP contribution in [-0.2, 0) is 5.41 Å². The normalized spacial score (nSPS) is 33.4. The van der Waals surface area contributed by atoms with Crippen LogP contribution < -0.4 is 5.73 Å². The topological polar surface area (TPSA) is 49.5 Å². The quantitative estimate of drug-likeness (QED) is 0.751. The number of rotatable bonds is 6. The van der Waals surface area contributed by atoms with Crippen LogP contribution in [0.25, 0.3) is 0 Å². The molecule has 0 spiro atoms. The SMILES string of the molecule is CC(C)C1(c2cccc(N)c2)C2CN(CCCC3(O)CCCCC3)CC21. The summed E-state index contributed by atoms with van der Waals surface area (Å²) < 4.78 is 0. The lowest BCUT2D eigenvalue weighted by Crippen LogP contribution is -2.36. The second kappa shape index (κ2) is 6.83. The van der Waals surface area contributed by atoms with Crippen LogP contribution in [-0.4, -0.2) is 35.2 Å². The molecule has 1 aromatic rings. The molecule has 0 radical (unpaired) electrons. The van der Waals surface area contributed by atoms with Crippen molar-refractivity contribution in [1.29, 1.82) is 0 Å². The largest absolute Gasteiger partial charge is 0.399 e. The molecule has 1 saturated heterocycles. The first kappa shape index (κ1) is 18.3. The van der Waals surface area contributed by atoms with Gasteiger partial charge in [-0.3, -0.25) is 0 Å². The highest BCUT2D eigenvalue weighted by atomic mass is 16.3. The van der Waals surface area contributed by atoms with Gasteiger partial charge in [0.2, 0.25) is 0 Å². The Labute approximate surface area is 159 Å². The number of nitrogens with zero attached hydrogens (tertiary/aromatic N) is 1. The maximum atomic E-state index is 10.7. The van der Waals surface area contributed by atoms with Crippen molar-refractivity contribution in [2.24, 2.45) is 17.8 Å². The molecular weight excluding hydrogens is 320 g/mol. The fourth-order valence-corrected chi connectivity index (χ4v) is 6.45. The van der Waals surface area contributed by atoms with Crippen molar-refractivity contribution in [1.82, 2.24) is 4.90 Å². The molecule has 2 aliphatic carbocycles. The molecular formula is C23H36N2O. The van der Waals surface area contributed by atoms with Crippen molar-refractivity contribution in [2.75, 3.05) is 25.4 Å². The highest BCUT2D eigenvalue weighted by Gasteiger charge is 2.69. The first-order valence-corrected chi connectivity index (χ1v) is 10.8. The lowest BCUT2D eigenvalue weighted by atomic mass is 9.80. The summed E-state index contributed by atoms with van der Waals surface area (Å²) in [5.41, 5.74) is 8.41. The molecule has 2 saturated carbocycles. The first-order valence-electron chi connectivity index (χ1n) is 10.8. The number of aliphatic hydroxyl groups is 1. The van der Waals surface area contributed by atoms with E-state index in [2.05, 4.69) is 36.9 Å². The summed E-state index contributed by atoms with van der Waals surface area (Å²) in [5.74, 6) is 2.22. The first-order chi connectivity index (χ1) is 12.5. The predicted octanol–water partition coefficient (Wildman–Crippen LogP) is 4.20. The number of nitrogen functional groups attached to an aromatic ring is 1. The second-order valence-corrected chi connectivity index (χ2v) is 9.57. The van der Waals surface area contributed by atoms with Gasteiger partial charge in [0.15, 0.2) is 0 Å². The van der Waals surface area contributed by atoms with Crippen LogP contribution in [0.1, 0.15) is 64.4 Å². The van der Waals surface area contributed by atoms with Crippen molar-refractivity contribution in [3.8, 4) is 0 Å². The molecule has 1 aliphatic heterocycles. The highest BCUT2D eigenvalue weighted by Crippen LogP contribution is 2.67. The van der Waals surface area contributed by atoms with Gasteiger partial charge in [-0.2, -0.15) is 0 Å². The van der Waals surface area contributed by atoms with Crippen LogP contribution in [0.3, 0.4) is 0 Å². The third-order valence-corrected chi connectivity index (χ3v) is 7.76. The maximum Gasteiger partial charge on any atom is 0.0648 e.